The number of ether oxygens (including phenoxy) is 1. The Morgan fingerprint density at radius 3 is 2.45 bits per heavy atom. The molecule has 3 rings (SSSR count). The van der Waals surface area contributed by atoms with E-state index in [0.717, 1.165) is 12.8 Å². The second-order valence-corrected chi connectivity index (χ2v) is 7.62. The topological polar surface area (TPSA) is 90.2 Å². The highest BCUT2D eigenvalue weighted by Crippen LogP contribution is 2.64. The van der Waals surface area contributed by atoms with Crippen molar-refractivity contribution in [3.05, 3.63) is 0 Å². The molecule has 2 bridgehead atoms. The predicted molar refractivity (Wildman–Crippen MR) is 71.9 cm³/mol. The predicted octanol–water partition coefficient (Wildman–Crippen LogP) is -0.0973. The summed E-state index contributed by atoms with van der Waals surface area (Å²) in [6, 6.07) is 0. The fourth-order valence-electron chi connectivity index (χ4n) is 5.24. The minimum Gasteiger partial charge on any atom is -0.396 e. The van der Waals surface area contributed by atoms with E-state index in [0.29, 0.717) is 6.61 Å². The first-order valence-electron chi connectivity index (χ1n) is 7.54. The third kappa shape index (κ3) is 1.45. The van der Waals surface area contributed by atoms with Gasteiger partial charge in [0.25, 0.3) is 0 Å². The van der Waals surface area contributed by atoms with Crippen molar-refractivity contribution in [2.24, 2.45) is 23.2 Å². The van der Waals surface area contributed by atoms with Gasteiger partial charge in [-0.3, -0.25) is 0 Å². The molecule has 0 spiro atoms. The van der Waals surface area contributed by atoms with Gasteiger partial charge in [-0.2, -0.15) is 0 Å². The average Bonchev–Trinajstić information content (AvgIpc) is 2.84. The van der Waals surface area contributed by atoms with E-state index >= 15 is 0 Å². The van der Waals surface area contributed by atoms with E-state index in [9.17, 15) is 20.4 Å². The van der Waals surface area contributed by atoms with Crippen molar-refractivity contribution in [2.45, 2.75) is 57.0 Å². The molecule has 0 radical (unpaired) electrons. The Morgan fingerprint density at radius 2 is 1.90 bits per heavy atom. The first kappa shape index (κ1) is 14.7. The molecule has 0 aromatic rings. The molecule has 7 atom stereocenters. The Labute approximate surface area is 119 Å². The molecular formula is C15H26O5. The van der Waals surface area contributed by atoms with E-state index in [1.54, 1.807) is 13.8 Å². The van der Waals surface area contributed by atoms with Gasteiger partial charge >= 0.3 is 0 Å². The quantitative estimate of drug-likeness (QED) is 0.569. The van der Waals surface area contributed by atoms with Gasteiger partial charge in [0.1, 0.15) is 11.7 Å². The first-order chi connectivity index (χ1) is 9.19. The van der Waals surface area contributed by atoms with Gasteiger partial charge in [-0.25, -0.2) is 0 Å². The summed E-state index contributed by atoms with van der Waals surface area (Å²) in [6.45, 7) is 5.56. The van der Waals surface area contributed by atoms with Crippen LogP contribution in [0.25, 0.3) is 0 Å². The van der Waals surface area contributed by atoms with Crippen LogP contribution in [-0.4, -0.2) is 57.0 Å². The Morgan fingerprint density at radius 1 is 1.25 bits per heavy atom. The van der Waals surface area contributed by atoms with Gasteiger partial charge in [0.05, 0.1) is 18.3 Å². The van der Waals surface area contributed by atoms with Crippen molar-refractivity contribution in [3.63, 3.8) is 0 Å². The van der Waals surface area contributed by atoms with Crippen molar-refractivity contribution < 1.29 is 25.2 Å². The van der Waals surface area contributed by atoms with Crippen molar-refractivity contribution in [3.8, 4) is 0 Å². The number of rotatable bonds is 2. The third-order valence-electron chi connectivity index (χ3n) is 6.57. The highest BCUT2D eigenvalue weighted by molar-refractivity contribution is 5.22. The average molecular weight is 286 g/mol. The van der Waals surface area contributed by atoms with Crippen LogP contribution in [0, 0.1) is 23.2 Å². The van der Waals surface area contributed by atoms with Gasteiger partial charge in [-0.05, 0) is 38.5 Å². The molecule has 0 aromatic heterocycles. The lowest BCUT2D eigenvalue weighted by Gasteiger charge is -2.56. The fourth-order valence-corrected chi connectivity index (χ4v) is 5.24. The van der Waals surface area contributed by atoms with E-state index in [2.05, 4.69) is 0 Å². The number of aliphatic hydroxyl groups excluding tert-OH is 2. The molecule has 5 nitrogen and oxygen atoms in total. The van der Waals surface area contributed by atoms with E-state index in [1.807, 2.05) is 6.92 Å². The summed E-state index contributed by atoms with van der Waals surface area (Å²) in [5.74, 6) is -0.108. The number of hydrogen-bond acceptors (Lipinski definition) is 5. The SMILES string of the molecule is CC(C)(O)[C@@]1(O)[C@@H]2CO[C@H]1[C@@H](O)[C@@]1(C)[C@H](CO)CC[C@@H]21. The van der Waals surface area contributed by atoms with Crippen LogP contribution in [0.15, 0.2) is 0 Å². The van der Waals surface area contributed by atoms with E-state index in [4.69, 9.17) is 4.74 Å². The molecule has 3 aliphatic rings. The third-order valence-corrected chi connectivity index (χ3v) is 6.57. The molecule has 1 aliphatic heterocycles. The highest BCUT2D eigenvalue weighted by atomic mass is 16.5. The van der Waals surface area contributed by atoms with Gasteiger partial charge in [0, 0.05) is 17.9 Å². The molecule has 1 saturated heterocycles. The number of aliphatic hydroxyl groups is 4. The maximum absolute atomic E-state index is 11.1. The van der Waals surface area contributed by atoms with Crippen LogP contribution in [0.4, 0.5) is 0 Å². The van der Waals surface area contributed by atoms with Crippen molar-refractivity contribution >= 4 is 0 Å². The summed E-state index contributed by atoms with van der Waals surface area (Å²) in [7, 11) is 0. The molecule has 3 fully saturated rings. The molecule has 2 saturated carbocycles. The number of fused-ring (bicyclic) bond motifs is 4. The Balaban J connectivity index is 2.07. The minimum atomic E-state index is -1.43. The van der Waals surface area contributed by atoms with E-state index in [-0.39, 0.29) is 24.4 Å². The Hall–Kier alpha value is -0.200. The van der Waals surface area contributed by atoms with Crippen molar-refractivity contribution in [1.82, 2.24) is 0 Å². The lowest BCUT2D eigenvalue weighted by atomic mass is 9.52. The summed E-state index contributed by atoms with van der Waals surface area (Å²) < 4.78 is 5.68. The van der Waals surface area contributed by atoms with Crippen LogP contribution in [0.5, 0.6) is 0 Å². The minimum absolute atomic E-state index is 0.0283. The van der Waals surface area contributed by atoms with Crippen LogP contribution in [-0.2, 0) is 4.74 Å². The second kappa shape index (κ2) is 4.17. The van der Waals surface area contributed by atoms with Crippen LogP contribution in [0.2, 0.25) is 0 Å². The molecule has 1 heterocycles. The van der Waals surface area contributed by atoms with Gasteiger partial charge in [-0.1, -0.05) is 6.92 Å². The van der Waals surface area contributed by atoms with Gasteiger partial charge < -0.3 is 25.2 Å². The van der Waals surface area contributed by atoms with Gasteiger partial charge in [0.15, 0.2) is 0 Å². The fraction of sp³-hybridized carbons (Fsp3) is 1.00. The molecule has 5 heteroatoms. The van der Waals surface area contributed by atoms with Gasteiger partial charge in [-0.15, -0.1) is 0 Å². The molecule has 0 amide bonds. The summed E-state index contributed by atoms with van der Waals surface area (Å²) in [5.41, 5.74) is -3.21. The molecule has 2 aliphatic carbocycles. The van der Waals surface area contributed by atoms with Crippen molar-refractivity contribution in [2.75, 3.05) is 13.2 Å². The molecule has 116 valence electrons. The van der Waals surface area contributed by atoms with Crippen LogP contribution in [0.1, 0.15) is 33.6 Å². The summed E-state index contributed by atoms with van der Waals surface area (Å²) >= 11 is 0. The zero-order chi connectivity index (χ0) is 14.9. The maximum Gasteiger partial charge on any atom is 0.127 e. The molecule has 0 aromatic carbocycles. The van der Waals surface area contributed by atoms with Gasteiger partial charge in [0.2, 0.25) is 0 Å². The van der Waals surface area contributed by atoms with Crippen LogP contribution < -0.4 is 0 Å². The lowest BCUT2D eigenvalue weighted by Crippen LogP contribution is -2.71. The zero-order valence-corrected chi connectivity index (χ0v) is 12.4. The lowest BCUT2D eigenvalue weighted by molar-refractivity contribution is -0.254. The summed E-state index contributed by atoms with van der Waals surface area (Å²) in [5, 5.41) is 42.0. The molecule has 4 N–H and O–H groups in total. The maximum atomic E-state index is 11.1. The highest BCUT2D eigenvalue weighted by Gasteiger charge is 2.73. The van der Waals surface area contributed by atoms with Crippen LogP contribution >= 0.6 is 0 Å². The molecule has 20 heavy (non-hydrogen) atoms. The Bertz CT molecular complexity index is 406. The largest absolute Gasteiger partial charge is 0.396 e. The zero-order valence-electron chi connectivity index (χ0n) is 12.4. The summed E-state index contributed by atoms with van der Waals surface area (Å²) in [6.07, 6.45) is 0.0286. The smallest absolute Gasteiger partial charge is 0.127 e. The normalized spacial score (nSPS) is 55.0. The monoisotopic (exact) mass is 286 g/mol. The van der Waals surface area contributed by atoms with Crippen LogP contribution in [0.3, 0.4) is 0 Å². The molecular weight excluding hydrogens is 260 g/mol. The molecule has 0 unspecified atom stereocenters. The van der Waals surface area contributed by atoms with Crippen molar-refractivity contribution in [1.29, 1.82) is 0 Å². The summed E-state index contributed by atoms with van der Waals surface area (Å²) in [4.78, 5) is 0. The number of hydrogen-bond donors (Lipinski definition) is 4. The second-order valence-electron chi connectivity index (χ2n) is 7.62. The van der Waals surface area contributed by atoms with E-state index in [1.165, 1.54) is 0 Å². The standard InChI is InChI=1S/C15H26O5/c1-13(2,18)15(19)10-7-20-12(15)11(17)14(3)8(6-16)4-5-9(10)14/h8-12,16-19H,4-7H2,1-3H3/t8-,9-,10+,11+,12-,14-,15+/m0/s1. The first-order valence-corrected chi connectivity index (χ1v) is 7.54. The van der Waals surface area contributed by atoms with E-state index < -0.39 is 28.8 Å². The Kier molecular flexibility index (Phi) is 3.07.